The van der Waals surface area contributed by atoms with Crippen molar-refractivity contribution in [2.24, 2.45) is 7.05 Å². The molecule has 0 bridgehead atoms. The zero-order valence-electron chi connectivity index (χ0n) is 18.5. The molecule has 32 heavy (non-hydrogen) atoms. The number of carbonyl (C=O) groups excluding carboxylic acids is 2. The summed E-state index contributed by atoms with van der Waals surface area (Å²) in [6.45, 7) is -0.172. The van der Waals surface area contributed by atoms with Gasteiger partial charge >= 0.3 is 5.69 Å². The number of nitrogens with one attached hydrogen (secondary N) is 1. The van der Waals surface area contributed by atoms with Crippen LogP contribution in [0.5, 0.6) is 5.75 Å². The minimum absolute atomic E-state index is 0.118. The minimum atomic E-state index is -2.97. The summed E-state index contributed by atoms with van der Waals surface area (Å²) in [4.78, 5) is 40.3. The molecule has 2 aliphatic rings. The fourth-order valence-corrected chi connectivity index (χ4v) is 4.89. The number of hydrogen-bond acceptors (Lipinski definition) is 6. The number of alkyl halides is 2. The van der Waals surface area contributed by atoms with Gasteiger partial charge in [0.15, 0.2) is 0 Å². The number of benzene rings is 1. The van der Waals surface area contributed by atoms with Crippen LogP contribution >= 0.6 is 0 Å². The molecule has 0 saturated carbocycles. The number of fused-ring (bicyclic) bond motifs is 1. The average molecular weight is 451 g/mol. The van der Waals surface area contributed by atoms with Gasteiger partial charge in [-0.2, -0.15) is 0 Å². The SMILES string of the molecule is COc1ccc2c(c1N1CCC(N(C)C)C(F)(F)C1)n(C)c(=O)n2C1CCC(=O)NC1=O. The highest BCUT2D eigenvalue weighted by molar-refractivity contribution is 6.01. The predicted octanol–water partition coefficient (Wildman–Crippen LogP) is 1.10. The molecule has 174 valence electrons. The van der Waals surface area contributed by atoms with E-state index in [9.17, 15) is 23.2 Å². The zero-order chi connectivity index (χ0) is 23.4. The summed E-state index contributed by atoms with van der Waals surface area (Å²) in [7, 11) is 6.27. The van der Waals surface area contributed by atoms with Crippen LogP contribution in [-0.4, -0.2) is 72.1 Å². The van der Waals surface area contributed by atoms with Gasteiger partial charge in [-0.1, -0.05) is 0 Å². The number of methoxy groups -OCH3 is 1. The van der Waals surface area contributed by atoms with Gasteiger partial charge in [0.2, 0.25) is 11.8 Å². The normalized spacial score (nSPS) is 23.7. The molecular weight excluding hydrogens is 424 g/mol. The lowest BCUT2D eigenvalue weighted by molar-refractivity contribution is -0.135. The molecule has 11 heteroatoms. The fraction of sp³-hybridized carbons (Fsp3) is 0.571. The maximum absolute atomic E-state index is 15.0. The number of anilines is 1. The van der Waals surface area contributed by atoms with Gasteiger partial charge in [0, 0.05) is 20.0 Å². The van der Waals surface area contributed by atoms with E-state index in [1.165, 1.54) is 21.1 Å². The van der Waals surface area contributed by atoms with E-state index in [0.717, 1.165) is 0 Å². The first-order valence-corrected chi connectivity index (χ1v) is 10.5. The Hall–Kier alpha value is -2.95. The summed E-state index contributed by atoms with van der Waals surface area (Å²) in [5.41, 5.74) is 0.783. The topological polar surface area (TPSA) is 88.8 Å². The van der Waals surface area contributed by atoms with Crippen molar-refractivity contribution in [3.05, 3.63) is 22.6 Å². The van der Waals surface area contributed by atoms with Crippen LogP contribution in [0.1, 0.15) is 25.3 Å². The molecule has 1 N–H and O–H groups in total. The van der Waals surface area contributed by atoms with Gasteiger partial charge in [0.05, 0.1) is 30.7 Å². The summed E-state index contributed by atoms with van der Waals surface area (Å²) in [5.74, 6) is -3.54. The number of hydrogen-bond donors (Lipinski definition) is 1. The number of imidazole rings is 1. The largest absolute Gasteiger partial charge is 0.494 e. The molecule has 1 aromatic carbocycles. The highest BCUT2D eigenvalue weighted by Crippen LogP contribution is 2.41. The van der Waals surface area contributed by atoms with Crippen molar-refractivity contribution in [2.75, 3.05) is 39.2 Å². The van der Waals surface area contributed by atoms with Crippen molar-refractivity contribution >= 4 is 28.5 Å². The van der Waals surface area contributed by atoms with Crippen molar-refractivity contribution < 1.29 is 23.1 Å². The Morgan fingerprint density at radius 2 is 1.91 bits per heavy atom. The van der Waals surface area contributed by atoms with E-state index in [2.05, 4.69) is 5.32 Å². The van der Waals surface area contributed by atoms with Gasteiger partial charge in [-0.05, 0) is 39.1 Å². The highest BCUT2D eigenvalue weighted by Gasteiger charge is 2.47. The number of rotatable bonds is 4. The van der Waals surface area contributed by atoms with Crippen LogP contribution in [0.25, 0.3) is 11.0 Å². The number of imide groups is 1. The molecule has 2 amide bonds. The number of nitrogens with zero attached hydrogens (tertiary/aromatic N) is 4. The highest BCUT2D eigenvalue weighted by atomic mass is 19.3. The summed E-state index contributed by atoms with van der Waals surface area (Å²) in [5, 5.41) is 2.27. The number of amides is 2. The first-order valence-electron chi connectivity index (χ1n) is 10.5. The van der Waals surface area contributed by atoms with Crippen LogP contribution in [0.2, 0.25) is 0 Å². The van der Waals surface area contributed by atoms with Crippen molar-refractivity contribution in [3.8, 4) is 5.75 Å². The van der Waals surface area contributed by atoms with E-state index in [-0.39, 0.29) is 25.2 Å². The van der Waals surface area contributed by atoms with Crippen LogP contribution in [0.3, 0.4) is 0 Å². The van der Waals surface area contributed by atoms with Gasteiger partial charge < -0.3 is 14.5 Å². The summed E-state index contributed by atoms with van der Waals surface area (Å²) < 4.78 is 38.1. The summed E-state index contributed by atoms with van der Waals surface area (Å²) >= 11 is 0. The molecule has 0 radical (unpaired) electrons. The molecule has 1 aromatic heterocycles. The van der Waals surface area contributed by atoms with E-state index in [1.807, 2.05) is 0 Å². The Labute approximate surface area is 183 Å². The molecule has 0 aliphatic carbocycles. The van der Waals surface area contributed by atoms with Crippen LogP contribution in [-0.2, 0) is 16.6 Å². The van der Waals surface area contributed by atoms with Crippen molar-refractivity contribution in [3.63, 3.8) is 0 Å². The van der Waals surface area contributed by atoms with Crippen molar-refractivity contribution in [1.82, 2.24) is 19.4 Å². The first kappa shape index (κ1) is 22.3. The number of ether oxygens (including phenoxy) is 1. The van der Waals surface area contributed by atoms with Crippen LogP contribution in [0.15, 0.2) is 16.9 Å². The fourth-order valence-electron chi connectivity index (χ4n) is 4.89. The Kier molecular flexibility index (Phi) is 5.48. The maximum Gasteiger partial charge on any atom is 0.329 e. The second kappa shape index (κ2) is 7.88. The minimum Gasteiger partial charge on any atom is -0.494 e. The Morgan fingerprint density at radius 1 is 1.19 bits per heavy atom. The quantitative estimate of drug-likeness (QED) is 0.701. The van der Waals surface area contributed by atoms with Crippen LogP contribution in [0, 0.1) is 0 Å². The monoisotopic (exact) mass is 451 g/mol. The van der Waals surface area contributed by atoms with Gasteiger partial charge in [-0.15, -0.1) is 0 Å². The number of piperidine rings is 2. The second-order valence-electron chi connectivity index (χ2n) is 8.61. The Bertz CT molecular complexity index is 1140. The van der Waals surface area contributed by atoms with Gasteiger partial charge in [0.1, 0.15) is 17.5 Å². The van der Waals surface area contributed by atoms with Gasteiger partial charge in [-0.3, -0.25) is 24.0 Å². The second-order valence-corrected chi connectivity index (χ2v) is 8.61. The zero-order valence-corrected chi connectivity index (χ0v) is 18.5. The molecular formula is C21H27F2N5O4. The standard InChI is InChI=1S/C21H27F2N5O4/c1-25(2)15-9-10-27(11-21(15,22)23)18-14(32-4)7-5-12-17(18)26(3)20(31)28(12)13-6-8-16(29)24-19(13)30/h5,7,13,15H,6,8-11H2,1-4H3,(H,24,29,30). The molecule has 3 heterocycles. The number of carbonyl (C=O) groups is 2. The van der Waals surface area contributed by atoms with E-state index in [4.69, 9.17) is 4.74 Å². The molecule has 4 rings (SSSR count). The summed E-state index contributed by atoms with van der Waals surface area (Å²) in [6, 6.07) is 1.52. The third-order valence-electron chi connectivity index (χ3n) is 6.42. The maximum atomic E-state index is 15.0. The lowest BCUT2D eigenvalue weighted by atomic mass is 9.98. The molecule has 2 aliphatic heterocycles. The van der Waals surface area contributed by atoms with Gasteiger partial charge in [0.25, 0.3) is 5.92 Å². The number of halogens is 2. The van der Waals surface area contributed by atoms with E-state index < -0.39 is 36.1 Å². The average Bonchev–Trinajstić information content (AvgIpc) is 2.97. The van der Waals surface area contributed by atoms with E-state index in [0.29, 0.717) is 29.0 Å². The van der Waals surface area contributed by atoms with Crippen LogP contribution < -0.4 is 20.6 Å². The number of aryl methyl sites for hydroxylation is 1. The Balaban J connectivity index is 1.86. The predicted molar refractivity (Wildman–Crippen MR) is 114 cm³/mol. The third kappa shape index (κ3) is 3.44. The lowest BCUT2D eigenvalue weighted by Crippen LogP contribution is -2.56. The van der Waals surface area contributed by atoms with Crippen molar-refractivity contribution in [2.45, 2.75) is 37.3 Å². The molecule has 0 spiro atoms. The smallest absolute Gasteiger partial charge is 0.329 e. The first-order chi connectivity index (χ1) is 15.1. The number of aromatic nitrogens is 2. The lowest BCUT2D eigenvalue weighted by Gasteiger charge is -2.42. The molecule has 2 atom stereocenters. The molecule has 2 aromatic rings. The third-order valence-corrected chi connectivity index (χ3v) is 6.42. The van der Waals surface area contributed by atoms with Crippen molar-refractivity contribution in [1.29, 1.82) is 0 Å². The Morgan fingerprint density at radius 3 is 2.50 bits per heavy atom. The molecule has 2 unspecified atom stereocenters. The molecule has 9 nitrogen and oxygen atoms in total. The molecule has 2 fully saturated rings. The summed E-state index contributed by atoms with van der Waals surface area (Å²) in [6.07, 6.45) is 0.547. The van der Waals surface area contributed by atoms with E-state index >= 15 is 0 Å². The van der Waals surface area contributed by atoms with E-state index in [1.54, 1.807) is 38.2 Å². The van der Waals surface area contributed by atoms with Crippen LogP contribution in [0.4, 0.5) is 14.5 Å². The molecule has 2 saturated heterocycles. The van der Waals surface area contributed by atoms with Gasteiger partial charge in [-0.25, -0.2) is 13.6 Å².